The Hall–Kier alpha value is -0.530. The summed E-state index contributed by atoms with van der Waals surface area (Å²) in [7, 11) is 0. The van der Waals surface area contributed by atoms with Crippen molar-refractivity contribution >= 4 is 11.6 Å². The minimum atomic E-state index is 0.520. The summed E-state index contributed by atoms with van der Waals surface area (Å²) in [5, 5.41) is 4.62. The van der Waals surface area contributed by atoms with Crippen LogP contribution in [0.2, 0.25) is 5.02 Å². The zero-order valence-electron chi connectivity index (χ0n) is 11.0. The van der Waals surface area contributed by atoms with Crippen LogP contribution in [0.25, 0.3) is 0 Å². The fourth-order valence-corrected chi connectivity index (χ4v) is 2.79. The molecule has 1 aromatic rings. The third-order valence-electron chi connectivity index (χ3n) is 4.14. The van der Waals surface area contributed by atoms with E-state index >= 15 is 0 Å². The zero-order chi connectivity index (χ0) is 12.4. The monoisotopic (exact) mass is 251 g/mol. The van der Waals surface area contributed by atoms with Crippen molar-refractivity contribution in [2.45, 2.75) is 52.1 Å². The summed E-state index contributed by atoms with van der Waals surface area (Å²) in [4.78, 5) is 0. The molecule has 1 aromatic carbocycles. The summed E-state index contributed by atoms with van der Waals surface area (Å²) in [5.74, 6) is 0.728. The molecule has 0 heterocycles. The van der Waals surface area contributed by atoms with E-state index < -0.39 is 0 Å². The third-order valence-corrected chi connectivity index (χ3v) is 4.38. The molecule has 0 amide bonds. The SMILES string of the molecule is CCC(C)C(C)NC1CCc2cc(Cl)ccc21. The van der Waals surface area contributed by atoms with Crippen LogP contribution < -0.4 is 5.32 Å². The molecule has 1 nitrogen and oxygen atoms in total. The number of halogens is 1. The van der Waals surface area contributed by atoms with Gasteiger partial charge in [0.2, 0.25) is 0 Å². The van der Waals surface area contributed by atoms with Crippen LogP contribution in [0.5, 0.6) is 0 Å². The van der Waals surface area contributed by atoms with Crippen LogP contribution in [0.1, 0.15) is 50.8 Å². The van der Waals surface area contributed by atoms with Gasteiger partial charge in [0, 0.05) is 17.1 Å². The Bertz CT molecular complexity index is 389. The predicted molar refractivity (Wildman–Crippen MR) is 74.6 cm³/mol. The molecule has 0 saturated carbocycles. The van der Waals surface area contributed by atoms with Crippen molar-refractivity contribution in [3.05, 3.63) is 34.3 Å². The van der Waals surface area contributed by atoms with Crippen molar-refractivity contribution in [1.82, 2.24) is 5.32 Å². The van der Waals surface area contributed by atoms with Gasteiger partial charge in [0.15, 0.2) is 0 Å². The van der Waals surface area contributed by atoms with Crippen molar-refractivity contribution in [3.63, 3.8) is 0 Å². The highest BCUT2D eigenvalue weighted by Crippen LogP contribution is 2.33. The molecule has 1 N–H and O–H groups in total. The highest BCUT2D eigenvalue weighted by Gasteiger charge is 2.24. The maximum atomic E-state index is 6.03. The Balaban J connectivity index is 2.07. The molecular formula is C15H22ClN. The van der Waals surface area contributed by atoms with Gasteiger partial charge in [-0.15, -0.1) is 0 Å². The van der Waals surface area contributed by atoms with Gasteiger partial charge in [0.1, 0.15) is 0 Å². The predicted octanol–water partition coefficient (Wildman–Crippen LogP) is 4.35. The first-order chi connectivity index (χ1) is 8.11. The fourth-order valence-electron chi connectivity index (χ4n) is 2.59. The van der Waals surface area contributed by atoms with E-state index in [-0.39, 0.29) is 0 Å². The normalized spacial score (nSPS) is 22.2. The summed E-state index contributed by atoms with van der Waals surface area (Å²) in [6.07, 6.45) is 3.59. The molecule has 0 aliphatic heterocycles. The van der Waals surface area contributed by atoms with Crippen LogP contribution in [0, 0.1) is 5.92 Å². The molecule has 94 valence electrons. The topological polar surface area (TPSA) is 12.0 Å². The van der Waals surface area contributed by atoms with Gasteiger partial charge in [-0.25, -0.2) is 0 Å². The molecule has 3 atom stereocenters. The maximum Gasteiger partial charge on any atom is 0.0408 e. The number of benzene rings is 1. The fraction of sp³-hybridized carbons (Fsp3) is 0.600. The average Bonchev–Trinajstić information content (AvgIpc) is 2.70. The van der Waals surface area contributed by atoms with Gasteiger partial charge in [0.25, 0.3) is 0 Å². The van der Waals surface area contributed by atoms with Crippen LogP contribution in [0.4, 0.5) is 0 Å². The first-order valence-electron chi connectivity index (χ1n) is 6.66. The quantitative estimate of drug-likeness (QED) is 0.839. The van der Waals surface area contributed by atoms with Crippen LogP contribution in [0.3, 0.4) is 0 Å². The van der Waals surface area contributed by atoms with E-state index in [0.29, 0.717) is 12.1 Å². The van der Waals surface area contributed by atoms with E-state index in [1.54, 1.807) is 0 Å². The molecule has 2 heteroatoms. The molecule has 3 unspecified atom stereocenters. The molecule has 0 fully saturated rings. The molecular weight excluding hydrogens is 230 g/mol. The van der Waals surface area contributed by atoms with E-state index in [9.17, 15) is 0 Å². The van der Waals surface area contributed by atoms with E-state index in [1.165, 1.54) is 24.0 Å². The number of hydrogen-bond acceptors (Lipinski definition) is 1. The summed E-state index contributed by atoms with van der Waals surface area (Å²) in [6, 6.07) is 7.41. The molecule has 1 aliphatic rings. The molecule has 1 aliphatic carbocycles. The second kappa shape index (κ2) is 5.41. The Kier molecular flexibility index (Phi) is 4.11. The first kappa shape index (κ1) is 12.9. The molecule has 17 heavy (non-hydrogen) atoms. The largest absolute Gasteiger partial charge is 0.307 e. The first-order valence-corrected chi connectivity index (χ1v) is 7.04. The number of nitrogens with one attached hydrogen (secondary N) is 1. The molecule has 2 rings (SSSR count). The van der Waals surface area contributed by atoms with Gasteiger partial charge in [-0.05, 0) is 48.9 Å². The Morgan fingerprint density at radius 1 is 1.41 bits per heavy atom. The van der Waals surface area contributed by atoms with E-state index in [4.69, 9.17) is 11.6 Å². The zero-order valence-corrected chi connectivity index (χ0v) is 11.7. The van der Waals surface area contributed by atoms with Gasteiger partial charge in [0.05, 0.1) is 0 Å². The van der Waals surface area contributed by atoms with Crippen LogP contribution in [0.15, 0.2) is 18.2 Å². The lowest BCUT2D eigenvalue weighted by Crippen LogP contribution is -2.34. The standard InChI is InChI=1S/C15H22ClN/c1-4-10(2)11(3)17-15-8-5-12-9-13(16)6-7-14(12)15/h6-7,9-11,15,17H,4-5,8H2,1-3H3. The van der Waals surface area contributed by atoms with Crippen molar-refractivity contribution in [3.8, 4) is 0 Å². The van der Waals surface area contributed by atoms with Gasteiger partial charge < -0.3 is 5.32 Å². The lowest BCUT2D eigenvalue weighted by Gasteiger charge is -2.24. The van der Waals surface area contributed by atoms with Gasteiger partial charge >= 0.3 is 0 Å². The number of aryl methyl sites for hydroxylation is 1. The minimum absolute atomic E-state index is 0.520. The molecule has 0 radical (unpaired) electrons. The maximum absolute atomic E-state index is 6.03. The van der Waals surface area contributed by atoms with Crippen LogP contribution in [-0.4, -0.2) is 6.04 Å². The second-order valence-electron chi connectivity index (χ2n) is 5.28. The average molecular weight is 252 g/mol. The number of hydrogen-bond donors (Lipinski definition) is 1. The lowest BCUT2D eigenvalue weighted by atomic mass is 9.99. The van der Waals surface area contributed by atoms with Crippen LogP contribution >= 0.6 is 11.6 Å². The van der Waals surface area contributed by atoms with Gasteiger partial charge in [-0.1, -0.05) is 37.9 Å². The third kappa shape index (κ3) is 2.83. The minimum Gasteiger partial charge on any atom is -0.307 e. The Morgan fingerprint density at radius 3 is 2.88 bits per heavy atom. The summed E-state index contributed by atoms with van der Waals surface area (Å²) < 4.78 is 0. The van der Waals surface area contributed by atoms with E-state index in [1.807, 2.05) is 6.07 Å². The van der Waals surface area contributed by atoms with Gasteiger partial charge in [-0.2, -0.15) is 0 Å². The summed E-state index contributed by atoms with van der Waals surface area (Å²) in [5.41, 5.74) is 2.87. The summed E-state index contributed by atoms with van der Waals surface area (Å²) in [6.45, 7) is 6.86. The molecule has 0 aromatic heterocycles. The molecule has 0 bridgehead atoms. The summed E-state index contributed by atoms with van der Waals surface area (Å²) >= 11 is 6.03. The van der Waals surface area contributed by atoms with Crippen molar-refractivity contribution in [2.24, 2.45) is 5.92 Å². The highest BCUT2D eigenvalue weighted by molar-refractivity contribution is 6.30. The lowest BCUT2D eigenvalue weighted by molar-refractivity contribution is 0.349. The van der Waals surface area contributed by atoms with Crippen molar-refractivity contribution in [1.29, 1.82) is 0 Å². The second-order valence-corrected chi connectivity index (χ2v) is 5.71. The van der Waals surface area contributed by atoms with Crippen molar-refractivity contribution < 1.29 is 0 Å². The highest BCUT2D eigenvalue weighted by atomic mass is 35.5. The Labute approximate surface area is 110 Å². The van der Waals surface area contributed by atoms with Gasteiger partial charge in [-0.3, -0.25) is 0 Å². The number of rotatable bonds is 4. The van der Waals surface area contributed by atoms with Crippen molar-refractivity contribution in [2.75, 3.05) is 0 Å². The van der Waals surface area contributed by atoms with Crippen LogP contribution in [-0.2, 0) is 6.42 Å². The molecule has 0 saturated heterocycles. The van der Waals surface area contributed by atoms with E-state index in [0.717, 1.165) is 17.4 Å². The number of fused-ring (bicyclic) bond motifs is 1. The smallest absolute Gasteiger partial charge is 0.0408 e. The van der Waals surface area contributed by atoms with E-state index in [2.05, 4.69) is 38.2 Å². The Morgan fingerprint density at radius 2 is 2.18 bits per heavy atom. The molecule has 0 spiro atoms.